The summed E-state index contributed by atoms with van der Waals surface area (Å²) in [5, 5.41) is 2.84. The number of carbonyl (C=O) groups is 2. The monoisotopic (exact) mass is 484 g/mol. The molecule has 34 heavy (non-hydrogen) atoms. The molecule has 9 heteroatoms. The van der Waals surface area contributed by atoms with Crippen molar-refractivity contribution in [1.29, 1.82) is 0 Å². The summed E-state index contributed by atoms with van der Waals surface area (Å²) in [6.45, 7) is 0. The number of carbonyl (C=O) groups excluding carboxylic acids is 2. The van der Waals surface area contributed by atoms with E-state index in [1.807, 2.05) is 0 Å². The second-order valence-electron chi connectivity index (χ2n) is 8.16. The third-order valence-corrected chi connectivity index (χ3v) is 6.12. The van der Waals surface area contributed by atoms with E-state index in [0.717, 1.165) is 38.2 Å². The van der Waals surface area contributed by atoms with Crippen LogP contribution in [-0.4, -0.2) is 27.8 Å². The fourth-order valence-electron chi connectivity index (χ4n) is 4.14. The number of nitrogens with one attached hydrogen (secondary N) is 1. The lowest BCUT2D eigenvalue weighted by Gasteiger charge is -2.33. The van der Waals surface area contributed by atoms with Gasteiger partial charge in [0.15, 0.2) is 0 Å². The van der Waals surface area contributed by atoms with Gasteiger partial charge in [0.2, 0.25) is 5.91 Å². The lowest BCUT2D eigenvalue weighted by atomic mass is 9.94. The first-order valence-electron chi connectivity index (χ1n) is 11.0. The molecule has 6 nitrogen and oxygen atoms in total. The average molecular weight is 485 g/mol. The molecule has 176 valence electrons. The number of hydrogen-bond donors (Lipinski definition) is 1. The van der Waals surface area contributed by atoms with E-state index in [9.17, 15) is 18.4 Å². The second kappa shape index (κ2) is 10.7. The van der Waals surface area contributed by atoms with Crippen molar-refractivity contribution in [2.45, 2.75) is 44.2 Å². The highest BCUT2D eigenvalue weighted by atomic mass is 35.5. The normalized spacial score (nSPS) is 14.9. The minimum Gasteiger partial charge on any atom is -0.351 e. The maximum Gasteiger partial charge on any atom is 0.279 e. The van der Waals surface area contributed by atoms with E-state index >= 15 is 0 Å². The number of amides is 2. The summed E-state index contributed by atoms with van der Waals surface area (Å²) in [7, 11) is 0. The summed E-state index contributed by atoms with van der Waals surface area (Å²) in [6, 6.07) is 7.88. The molecule has 1 aromatic heterocycles. The van der Waals surface area contributed by atoms with Gasteiger partial charge in [-0.25, -0.2) is 13.8 Å². The molecule has 2 aromatic carbocycles. The predicted octanol–water partition coefficient (Wildman–Crippen LogP) is 5.25. The molecule has 0 saturated heterocycles. The largest absolute Gasteiger partial charge is 0.351 e. The Bertz CT molecular complexity index is 1160. The van der Waals surface area contributed by atoms with Crippen LogP contribution in [0.15, 0.2) is 61.1 Å². The van der Waals surface area contributed by atoms with Crippen LogP contribution in [0.5, 0.6) is 0 Å². The fraction of sp³-hybridized carbons (Fsp3) is 0.280. The highest BCUT2D eigenvalue weighted by molar-refractivity contribution is 6.31. The average Bonchev–Trinajstić information content (AvgIpc) is 2.86. The van der Waals surface area contributed by atoms with Crippen LogP contribution in [0, 0.1) is 11.6 Å². The van der Waals surface area contributed by atoms with Crippen molar-refractivity contribution in [2.24, 2.45) is 0 Å². The maximum atomic E-state index is 13.9. The summed E-state index contributed by atoms with van der Waals surface area (Å²) in [5.41, 5.74) is 0.558. The molecule has 0 radical (unpaired) electrons. The van der Waals surface area contributed by atoms with Crippen LogP contribution in [0.1, 0.15) is 54.2 Å². The topological polar surface area (TPSA) is 75.2 Å². The van der Waals surface area contributed by atoms with Crippen molar-refractivity contribution in [1.82, 2.24) is 15.3 Å². The van der Waals surface area contributed by atoms with Crippen molar-refractivity contribution in [3.63, 3.8) is 0 Å². The number of benzene rings is 2. The van der Waals surface area contributed by atoms with Gasteiger partial charge in [-0.05, 0) is 48.7 Å². The Morgan fingerprint density at radius 1 is 1.03 bits per heavy atom. The third-order valence-electron chi connectivity index (χ3n) is 5.83. The van der Waals surface area contributed by atoms with Crippen molar-refractivity contribution in [3.05, 3.63) is 89.0 Å². The van der Waals surface area contributed by atoms with Gasteiger partial charge in [-0.1, -0.05) is 43.0 Å². The summed E-state index contributed by atoms with van der Waals surface area (Å²) in [5.74, 6) is -2.21. The van der Waals surface area contributed by atoms with Crippen LogP contribution in [0.25, 0.3) is 0 Å². The van der Waals surface area contributed by atoms with Gasteiger partial charge in [0, 0.05) is 24.1 Å². The lowest BCUT2D eigenvalue weighted by Crippen LogP contribution is -2.47. The minimum absolute atomic E-state index is 0.0134. The molecule has 1 atom stereocenters. The molecule has 4 rings (SSSR count). The Morgan fingerprint density at radius 3 is 2.41 bits per heavy atom. The first kappa shape index (κ1) is 23.8. The van der Waals surface area contributed by atoms with Crippen LogP contribution in [-0.2, 0) is 4.79 Å². The molecule has 1 aliphatic carbocycles. The highest BCUT2D eigenvalue weighted by Crippen LogP contribution is 2.32. The predicted molar refractivity (Wildman–Crippen MR) is 124 cm³/mol. The molecule has 0 unspecified atom stereocenters. The number of aromatic nitrogens is 2. The Kier molecular flexibility index (Phi) is 7.47. The van der Waals surface area contributed by atoms with Gasteiger partial charge >= 0.3 is 0 Å². The van der Waals surface area contributed by atoms with E-state index in [2.05, 4.69) is 15.3 Å². The van der Waals surface area contributed by atoms with Gasteiger partial charge in [-0.3, -0.25) is 19.5 Å². The number of anilines is 1. The molecular weight excluding hydrogens is 462 g/mol. The van der Waals surface area contributed by atoms with E-state index in [1.165, 1.54) is 59.9 Å². The highest BCUT2D eigenvalue weighted by Gasteiger charge is 2.35. The first-order chi connectivity index (χ1) is 16.4. The molecule has 0 spiro atoms. The van der Waals surface area contributed by atoms with Gasteiger partial charge in [0.05, 0.1) is 11.2 Å². The van der Waals surface area contributed by atoms with Gasteiger partial charge in [-0.2, -0.15) is 0 Å². The van der Waals surface area contributed by atoms with Gasteiger partial charge < -0.3 is 5.32 Å². The van der Waals surface area contributed by atoms with E-state index in [4.69, 9.17) is 11.6 Å². The third kappa shape index (κ3) is 5.39. The Labute approximate surface area is 201 Å². The molecule has 1 fully saturated rings. The number of rotatable bonds is 6. The molecule has 3 aromatic rings. The quantitative estimate of drug-likeness (QED) is 0.519. The molecule has 1 saturated carbocycles. The Morgan fingerprint density at radius 2 is 1.76 bits per heavy atom. The van der Waals surface area contributed by atoms with Crippen LogP contribution in [0.2, 0.25) is 5.02 Å². The van der Waals surface area contributed by atoms with Crippen molar-refractivity contribution < 1.29 is 18.4 Å². The molecule has 0 bridgehead atoms. The number of halogens is 3. The fourth-order valence-corrected chi connectivity index (χ4v) is 4.32. The zero-order chi connectivity index (χ0) is 24.1. The van der Waals surface area contributed by atoms with E-state index < -0.39 is 29.5 Å². The van der Waals surface area contributed by atoms with Crippen LogP contribution < -0.4 is 10.2 Å². The van der Waals surface area contributed by atoms with Gasteiger partial charge in [-0.15, -0.1) is 0 Å². The summed E-state index contributed by atoms with van der Waals surface area (Å²) in [4.78, 5) is 36.5. The van der Waals surface area contributed by atoms with E-state index in [1.54, 1.807) is 0 Å². The zero-order valence-electron chi connectivity index (χ0n) is 18.3. The minimum atomic E-state index is -1.18. The van der Waals surface area contributed by atoms with Crippen molar-refractivity contribution in [2.75, 3.05) is 4.90 Å². The summed E-state index contributed by atoms with van der Waals surface area (Å²) < 4.78 is 27.7. The van der Waals surface area contributed by atoms with E-state index in [-0.39, 0.29) is 22.4 Å². The standard InChI is InChI=1S/C25H23ClF2N4O2/c26-20-14-19(10-11-21(20)28)32(25(34)22-15-29-12-13-30-22)23(16-6-8-17(27)9-7-16)24(33)31-18-4-2-1-3-5-18/h6-15,18,23H,1-5H2,(H,31,33)/t23-/m0/s1. The van der Waals surface area contributed by atoms with Gasteiger partial charge in [0.25, 0.3) is 5.91 Å². The SMILES string of the molecule is O=C(NC1CCCCC1)[C@H](c1ccc(F)cc1)N(C(=O)c1cnccn1)c1ccc(F)c(Cl)c1. The van der Waals surface area contributed by atoms with Crippen LogP contribution >= 0.6 is 11.6 Å². The Hall–Kier alpha value is -3.39. The first-order valence-corrected chi connectivity index (χ1v) is 11.4. The zero-order valence-corrected chi connectivity index (χ0v) is 19.0. The van der Waals surface area contributed by atoms with Gasteiger partial charge in [0.1, 0.15) is 23.4 Å². The lowest BCUT2D eigenvalue weighted by molar-refractivity contribution is -0.123. The van der Waals surface area contributed by atoms with Crippen molar-refractivity contribution in [3.8, 4) is 0 Å². The molecule has 1 aliphatic rings. The van der Waals surface area contributed by atoms with E-state index in [0.29, 0.717) is 5.56 Å². The Balaban J connectivity index is 1.82. The number of nitrogens with zero attached hydrogens (tertiary/aromatic N) is 3. The molecule has 1 heterocycles. The second-order valence-corrected chi connectivity index (χ2v) is 8.57. The number of hydrogen-bond acceptors (Lipinski definition) is 4. The van der Waals surface area contributed by atoms with Crippen LogP contribution in [0.4, 0.5) is 14.5 Å². The molecule has 2 amide bonds. The maximum absolute atomic E-state index is 13.9. The molecule has 1 N–H and O–H groups in total. The molecular formula is C25H23ClF2N4O2. The van der Waals surface area contributed by atoms with Crippen LogP contribution in [0.3, 0.4) is 0 Å². The smallest absolute Gasteiger partial charge is 0.279 e. The summed E-state index contributed by atoms with van der Waals surface area (Å²) in [6.07, 6.45) is 8.84. The van der Waals surface area contributed by atoms with Crippen molar-refractivity contribution >= 4 is 29.1 Å². The molecule has 0 aliphatic heterocycles. The summed E-state index contributed by atoms with van der Waals surface area (Å²) >= 11 is 6.02.